The summed E-state index contributed by atoms with van der Waals surface area (Å²) in [6, 6.07) is 10.1. The molecule has 88 valence electrons. The SMILES string of the molecule is O=C(NCc1ccccc1)[C@@H]1C[C@@H]2C=C[C@H]1C2. The molecule has 0 heterocycles. The zero-order valence-corrected chi connectivity index (χ0v) is 9.80. The van der Waals surface area contributed by atoms with E-state index in [4.69, 9.17) is 0 Å². The molecule has 3 rings (SSSR count). The maximum Gasteiger partial charge on any atom is 0.223 e. The van der Waals surface area contributed by atoms with E-state index in [1.165, 1.54) is 12.0 Å². The Hall–Kier alpha value is -1.57. The van der Waals surface area contributed by atoms with Gasteiger partial charge in [0.1, 0.15) is 0 Å². The van der Waals surface area contributed by atoms with Crippen molar-refractivity contribution in [1.29, 1.82) is 0 Å². The van der Waals surface area contributed by atoms with E-state index in [9.17, 15) is 4.79 Å². The van der Waals surface area contributed by atoms with E-state index in [0.717, 1.165) is 6.42 Å². The molecule has 2 aliphatic carbocycles. The van der Waals surface area contributed by atoms with E-state index in [1.807, 2.05) is 30.3 Å². The van der Waals surface area contributed by atoms with Gasteiger partial charge in [-0.25, -0.2) is 0 Å². The first-order chi connectivity index (χ1) is 8.33. The van der Waals surface area contributed by atoms with Crippen LogP contribution in [-0.4, -0.2) is 5.91 Å². The Morgan fingerprint density at radius 1 is 1.18 bits per heavy atom. The molecular weight excluding hydrogens is 210 g/mol. The van der Waals surface area contributed by atoms with Crippen LogP contribution >= 0.6 is 0 Å². The number of carbonyl (C=O) groups excluding carboxylic acids is 1. The van der Waals surface area contributed by atoms with Crippen LogP contribution in [0, 0.1) is 17.8 Å². The molecule has 0 spiro atoms. The van der Waals surface area contributed by atoms with Crippen LogP contribution in [0.1, 0.15) is 18.4 Å². The monoisotopic (exact) mass is 227 g/mol. The normalized spacial score (nSPS) is 29.5. The summed E-state index contributed by atoms with van der Waals surface area (Å²) in [4.78, 5) is 12.1. The fourth-order valence-electron chi connectivity index (χ4n) is 3.00. The van der Waals surface area contributed by atoms with Gasteiger partial charge in [0.05, 0.1) is 0 Å². The van der Waals surface area contributed by atoms with Crippen molar-refractivity contribution >= 4 is 5.91 Å². The molecule has 0 saturated heterocycles. The summed E-state index contributed by atoms with van der Waals surface area (Å²) in [5, 5.41) is 3.05. The van der Waals surface area contributed by atoms with E-state index in [-0.39, 0.29) is 11.8 Å². The number of nitrogens with one attached hydrogen (secondary N) is 1. The highest BCUT2D eigenvalue weighted by Gasteiger charge is 2.39. The summed E-state index contributed by atoms with van der Waals surface area (Å²) in [5.41, 5.74) is 1.17. The highest BCUT2D eigenvalue weighted by atomic mass is 16.1. The van der Waals surface area contributed by atoms with Crippen molar-refractivity contribution in [3.63, 3.8) is 0 Å². The summed E-state index contributed by atoms with van der Waals surface area (Å²) >= 11 is 0. The van der Waals surface area contributed by atoms with Crippen molar-refractivity contribution in [3.8, 4) is 0 Å². The third kappa shape index (κ3) is 2.12. The molecule has 1 N–H and O–H groups in total. The van der Waals surface area contributed by atoms with Gasteiger partial charge in [-0.1, -0.05) is 42.5 Å². The Bertz CT molecular complexity index is 437. The van der Waals surface area contributed by atoms with Crippen LogP contribution in [0.25, 0.3) is 0 Å². The standard InChI is InChI=1S/C15H17NO/c17-15(14-9-12-6-7-13(14)8-12)16-10-11-4-2-1-3-5-11/h1-7,12-14H,8-10H2,(H,16,17)/t12-,13+,14-/m1/s1. The molecule has 1 fully saturated rings. The van der Waals surface area contributed by atoms with Crippen molar-refractivity contribution in [2.75, 3.05) is 0 Å². The lowest BCUT2D eigenvalue weighted by molar-refractivity contribution is -0.125. The average Bonchev–Trinajstić information content (AvgIpc) is 2.99. The van der Waals surface area contributed by atoms with Gasteiger partial charge in [0.2, 0.25) is 5.91 Å². The largest absolute Gasteiger partial charge is 0.352 e. The fourth-order valence-corrected chi connectivity index (χ4v) is 3.00. The molecule has 0 unspecified atom stereocenters. The van der Waals surface area contributed by atoms with Crippen LogP contribution in [0.5, 0.6) is 0 Å². The first-order valence-electron chi connectivity index (χ1n) is 6.33. The summed E-state index contributed by atoms with van der Waals surface area (Å²) in [6.45, 7) is 0.650. The molecule has 1 saturated carbocycles. The highest BCUT2D eigenvalue weighted by Crippen LogP contribution is 2.43. The zero-order valence-electron chi connectivity index (χ0n) is 9.80. The first-order valence-corrected chi connectivity index (χ1v) is 6.33. The lowest BCUT2D eigenvalue weighted by atomic mass is 9.93. The second kappa shape index (κ2) is 4.36. The van der Waals surface area contributed by atoms with Gasteiger partial charge in [-0.05, 0) is 30.2 Å². The van der Waals surface area contributed by atoms with Crippen LogP contribution in [0.15, 0.2) is 42.5 Å². The van der Waals surface area contributed by atoms with E-state index in [1.54, 1.807) is 0 Å². The molecule has 1 aromatic rings. The summed E-state index contributed by atoms with van der Waals surface area (Å²) < 4.78 is 0. The number of allylic oxidation sites excluding steroid dienone is 2. The quantitative estimate of drug-likeness (QED) is 0.790. The smallest absolute Gasteiger partial charge is 0.223 e. The van der Waals surface area contributed by atoms with Crippen molar-refractivity contribution in [1.82, 2.24) is 5.32 Å². The molecule has 2 nitrogen and oxygen atoms in total. The average molecular weight is 227 g/mol. The Kier molecular flexibility index (Phi) is 2.71. The molecular formula is C15H17NO. The molecule has 3 atom stereocenters. The third-order valence-electron chi connectivity index (χ3n) is 3.93. The molecule has 0 radical (unpaired) electrons. The number of rotatable bonds is 3. The molecule has 2 heteroatoms. The highest BCUT2D eigenvalue weighted by molar-refractivity contribution is 5.79. The predicted octanol–water partition coefficient (Wildman–Crippen LogP) is 2.52. The number of hydrogen-bond donors (Lipinski definition) is 1. The molecule has 17 heavy (non-hydrogen) atoms. The van der Waals surface area contributed by atoms with Crippen LogP contribution in [-0.2, 0) is 11.3 Å². The Balaban J connectivity index is 1.56. The molecule has 0 aromatic heterocycles. The van der Waals surface area contributed by atoms with Gasteiger partial charge < -0.3 is 5.32 Å². The molecule has 1 aromatic carbocycles. The van der Waals surface area contributed by atoms with Gasteiger partial charge in [-0.15, -0.1) is 0 Å². The summed E-state index contributed by atoms with van der Waals surface area (Å²) in [5.74, 6) is 1.60. The molecule has 2 bridgehead atoms. The molecule has 1 amide bonds. The minimum atomic E-state index is 0.216. The van der Waals surface area contributed by atoms with Crippen molar-refractivity contribution in [2.24, 2.45) is 17.8 Å². The Morgan fingerprint density at radius 2 is 2.00 bits per heavy atom. The van der Waals surface area contributed by atoms with Gasteiger partial charge in [-0.2, -0.15) is 0 Å². The molecule has 2 aliphatic rings. The lowest BCUT2D eigenvalue weighted by Gasteiger charge is -2.17. The van der Waals surface area contributed by atoms with Crippen molar-refractivity contribution in [2.45, 2.75) is 19.4 Å². The van der Waals surface area contributed by atoms with Gasteiger partial charge in [-0.3, -0.25) is 4.79 Å². The van der Waals surface area contributed by atoms with Crippen molar-refractivity contribution in [3.05, 3.63) is 48.0 Å². The van der Waals surface area contributed by atoms with Crippen molar-refractivity contribution < 1.29 is 4.79 Å². The van der Waals surface area contributed by atoms with Gasteiger partial charge in [0.15, 0.2) is 0 Å². The predicted molar refractivity (Wildman–Crippen MR) is 67.1 cm³/mol. The second-order valence-electron chi connectivity index (χ2n) is 5.09. The summed E-state index contributed by atoms with van der Waals surface area (Å²) in [7, 11) is 0. The lowest BCUT2D eigenvalue weighted by Crippen LogP contribution is -2.32. The van der Waals surface area contributed by atoms with E-state index in [2.05, 4.69) is 17.5 Å². The number of hydrogen-bond acceptors (Lipinski definition) is 1. The molecule has 0 aliphatic heterocycles. The topological polar surface area (TPSA) is 29.1 Å². The number of carbonyl (C=O) groups is 1. The minimum Gasteiger partial charge on any atom is -0.352 e. The maximum atomic E-state index is 12.1. The van der Waals surface area contributed by atoms with Crippen LogP contribution in [0.4, 0.5) is 0 Å². The maximum absolute atomic E-state index is 12.1. The minimum absolute atomic E-state index is 0.216. The zero-order chi connectivity index (χ0) is 11.7. The Labute approximate surface area is 102 Å². The van der Waals surface area contributed by atoms with Crippen LogP contribution in [0.2, 0.25) is 0 Å². The van der Waals surface area contributed by atoms with E-state index in [0.29, 0.717) is 18.4 Å². The number of fused-ring (bicyclic) bond motifs is 2. The van der Waals surface area contributed by atoms with Crippen LogP contribution in [0.3, 0.4) is 0 Å². The Morgan fingerprint density at radius 3 is 2.65 bits per heavy atom. The fraction of sp³-hybridized carbons (Fsp3) is 0.400. The first kappa shape index (κ1) is 10.6. The van der Waals surface area contributed by atoms with E-state index < -0.39 is 0 Å². The van der Waals surface area contributed by atoms with Crippen LogP contribution < -0.4 is 5.32 Å². The van der Waals surface area contributed by atoms with Gasteiger partial charge in [0, 0.05) is 12.5 Å². The second-order valence-corrected chi connectivity index (χ2v) is 5.09. The summed E-state index contributed by atoms with van der Waals surface area (Å²) in [6.07, 6.45) is 6.72. The third-order valence-corrected chi connectivity index (χ3v) is 3.93. The number of amides is 1. The van der Waals surface area contributed by atoms with Gasteiger partial charge in [0.25, 0.3) is 0 Å². The number of benzene rings is 1. The van der Waals surface area contributed by atoms with E-state index >= 15 is 0 Å². The van der Waals surface area contributed by atoms with Gasteiger partial charge >= 0.3 is 0 Å².